The molecule has 9 nitrogen and oxygen atoms in total. The number of benzene rings is 1. The Morgan fingerprint density at radius 2 is 2.00 bits per heavy atom. The SMILES string of the molecule is CC(C)CCn1c(=O)c(C2=NS(=O)(=O)C3=C(CCN(C(C)C#N)C3)N2)c(O)c2ccccc21. The third-order valence-electron chi connectivity index (χ3n) is 6.17. The molecule has 2 aliphatic rings. The first-order valence-electron chi connectivity index (χ1n) is 11.0. The van der Waals surface area contributed by atoms with Gasteiger partial charge < -0.3 is 15.0 Å². The molecule has 0 amide bonds. The molecule has 2 aliphatic heterocycles. The first-order valence-corrected chi connectivity index (χ1v) is 12.4. The monoisotopic (exact) mass is 469 g/mol. The number of amidine groups is 1. The maximum absolute atomic E-state index is 13.5. The van der Waals surface area contributed by atoms with E-state index in [1.807, 2.05) is 0 Å². The van der Waals surface area contributed by atoms with Crippen LogP contribution in [0.25, 0.3) is 10.9 Å². The fraction of sp³-hybridized carbons (Fsp3) is 0.435. The number of para-hydroxylation sites is 1. The summed E-state index contributed by atoms with van der Waals surface area (Å²) in [6.07, 6.45) is 1.10. The Balaban J connectivity index is 1.83. The predicted octanol–water partition coefficient (Wildman–Crippen LogP) is 2.26. The summed E-state index contributed by atoms with van der Waals surface area (Å²) in [5.41, 5.74) is 0.387. The van der Waals surface area contributed by atoms with Crippen LogP contribution in [0.2, 0.25) is 0 Å². The Kier molecular flexibility index (Phi) is 6.03. The molecule has 3 heterocycles. The van der Waals surface area contributed by atoms with Crippen LogP contribution in [-0.2, 0) is 16.6 Å². The van der Waals surface area contributed by atoms with Crippen LogP contribution in [0.5, 0.6) is 5.75 Å². The van der Waals surface area contributed by atoms with Crippen LogP contribution in [0.3, 0.4) is 0 Å². The van der Waals surface area contributed by atoms with Crippen LogP contribution >= 0.6 is 0 Å². The van der Waals surface area contributed by atoms with Crippen LogP contribution < -0.4 is 10.9 Å². The van der Waals surface area contributed by atoms with Crippen molar-refractivity contribution < 1.29 is 13.5 Å². The summed E-state index contributed by atoms with van der Waals surface area (Å²) in [7, 11) is -4.09. The highest BCUT2D eigenvalue weighted by Gasteiger charge is 2.36. The van der Waals surface area contributed by atoms with Crippen molar-refractivity contribution >= 4 is 26.8 Å². The largest absolute Gasteiger partial charge is 0.506 e. The molecule has 33 heavy (non-hydrogen) atoms. The molecule has 2 aromatic rings. The lowest BCUT2D eigenvalue weighted by atomic mass is 10.1. The number of rotatable bonds is 5. The van der Waals surface area contributed by atoms with Crippen molar-refractivity contribution in [1.82, 2.24) is 14.8 Å². The molecule has 10 heteroatoms. The second kappa shape index (κ2) is 8.65. The van der Waals surface area contributed by atoms with Gasteiger partial charge in [0.15, 0.2) is 5.84 Å². The van der Waals surface area contributed by atoms with Crippen molar-refractivity contribution in [3.05, 3.63) is 50.8 Å². The molecule has 1 atom stereocenters. The normalized spacial score (nSPS) is 19.1. The third kappa shape index (κ3) is 4.14. The Morgan fingerprint density at radius 1 is 1.27 bits per heavy atom. The van der Waals surface area contributed by atoms with E-state index in [4.69, 9.17) is 0 Å². The van der Waals surface area contributed by atoms with E-state index in [0.29, 0.717) is 42.0 Å². The summed E-state index contributed by atoms with van der Waals surface area (Å²) in [6, 6.07) is 8.70. The first kappa shape index (κ1) is 23.0. The van der Waals surface area contributed by atoms with E-state index >= 15 is 0 Å². The molecular weight excluding hydrogens is 442 g/mol. The van der Waals surface area contributed by atoms with Gasteiger partial charge in [0, 0.05) is 37.1 Å². The second-order valence-corrected chi connectivity index (χ2v) is 10.5. The molecule has 2 N–H and O–H groups in total. The maximum Gasteiger partial charge on any atom is 0.283 e. The molecular formula is C23H27N5O4S. The van der Waals surface area contributed by atoms with E-state index in [1.165, 1.54) is 0 Å². The van der Waals surface area contributed by atoms with E-state index in [2.05, 4.69) is 29.6 Å². The fourth-order valence-corrected chi connectivity index (χ4v) is 5.48. The van der Waals surface area contributed by atoms with Gasteiger partial charge in [0.05, 0.1) is 17.6 Å². The van der Waals surface area contributed by atoms with Crippen molar-refractivity contribution in [2.75, 3.05) is 13.1 Å². The summed E-state index contributed by atoms with van der Waals surface area (Å²) in [6.45, 7) is 6.82. The molecule has 174 valence electrons. The van der Waals surface area contributed by atoms with E-state index in [-0.39, 0.29) is 28.6 Å². The predicted molar refractivity (Wildman–Crippen MR) is 126 cm³/mol. The summed E-state index contributed by atoms with van der Waals surface area (Å²) in [5, 5.41) is 23.7. The number of aromatic hydroxyl groups is 1. The highest BCUT2D eigenvalue weighted by atomic mass is 32.2. The molecule has 0 radical (unpaired) electrons. The highest BCUT2D eigenvalue weighted by Crippen LogP contribution is 2.31. The molecule has 4 rings (SSSR count). The highest BCUT2D eigenvalue weighted by molar-refractivity contribution is 7.94. The third-order valence-corrected chi connectivity index (χ3v) is 7.59. The van der Waals surface area contributed by atoms with Gasteiger partial charge in [0.1, 0.15) is 16.2 Å². The quantitative estimate of drug-likeness (QED) is 0.687. The molecule has 1 unspecified atom stereocenters. The van der Waals surface area contributed by atoms with Crippen LogP contribution in [0.4, 0.5) is 0 Å². The minimum absolute atomic E-state index is 0.0680. The van der Waals surface area contributed by atoms with Crippen molar-refractivity contribution in [3.8, 4) is 11.8 Å². The Bertz CT molecular complexity index is 1380. The topological polar surface area (TPSA) is 128 Å². The molecule has 1 aromatic carbocycles. The maximum atomic E-state index is 13.5. The van der Waals surface area contributed by atoms with E-state index in [0.717, 1.165) is 6.42 Å². The van der Waals surface area contributed by atoms with Gasteiger partial charge in [-0.2, -0.15) is 13.7 Å². The second-order valence-electron chi connectivity index (χ2n) is 8.85. The van der Waals surface area contributed by atoms with Crippen molar-refractivity contribution in [2.24, 2.45) is 10.3 Å². The zero-order valence-electron chi connectivity index (χ0n) is 18.9. The molecule has 0 saturated heterocycles. The molecule has 0 bridgehead atoms. The number of aromatic nitrogens is 1. The molecule has 1 aromatic heterocycles. The summed E-state index contributed by atoms with van der Waals surface area (Å²) in [4.78, 5) is 15.4. The number of nitriles is 1. The Hall–Kier alpha value is -3.16. The van der Waals surface area contributed by atoms with Gasteiger partial charge in [-0.05, 0) is 31.4 Å². The average molecular weight is 470 g/mol. The molecule has 0 saturated carbocycles. The van der Waals surface area contributed by atoms with E-state index in [1.54, 1.807) is 40.7 Å². The Labute approximate surface area is 192 Å². The number of sulfonamides is 1. The zero-order valence-corrected chi connectivity index (χ0v) is 19.7. The molecule has 0 fully saturated rings. The number of hydrogen-bond donors (Lipinski definition) is 2. The lowest BCUT2D eigenvalue weighted by Gasteiger charge is -2.33. The molecule has 0 spiro atoms. The standard InChI is InChI=1S/C23H27N5O4S/c1-14(2)8-11-28-18-7-5-4-6-16(18)21(29)20(23(28)30)22-25-17-9-10-27(15(3)12-24)13-19(17)33(31,32)26-22/h4-7,14-15,29H,8-11,13H2,1-3H3,(H,25,26). The number of hydrogen-bond acceptors (Lipinski definition) is 7. The minimum Gasteiger partial charge on any atom is -0.506 e. The van der Waals surface area contributed by atoms with Gasteiger partial charge in [-0.3, -0.25) is 9.69 Å². The van der Waals surface area contributed by atoms with Gasteiger partial charge in [-0.25, -0.2) is 0 Å². The molecule has 0 aliphatic carbocycles. The fourth-order valence-electron chi connectivity index (χ4n) is 4.20. The minimum atomic E-state index is -4.09. The average Bonchev–Trinajstić information content (AvgIpc) is 2.78. The number of fused-ring (bicyclic) bond motifs is 1. The van der Waals surface area contributed by atoms with E-state index < -0.39 is 21.6 Å². The van der Waals surface area contributed by atoms with Crippen molar-refractivity contribution in [2.45, 2.75) is 46.2 Å². The first-order chi connectivity index (χ1) is 15.6. The van der Waals surface area contributed by atoms with Crippen LogP contribution in [0, 0.1) is 17.2 Å². The van der Waals surface area contributed by atoms with Crippen LogP contribution in [-0.4, -0.2) is 48.0 Å². The summed E-state index contributed by atoms with van der Waals surface area (Å²) < 4.78 is 31.6. The van der Waals surface area contributed by atoms with Crippen LogP contribution in [0.15, 0.2) is 44.1 Å². The number of pyridine rings is 1. The van der Waals surface area contributed by atoms with Crippen molar-refractivity contribution in [1.29, 1.82) is 5.26 Å². The van der Waals surface area contributed by atoms with E-state index in [9.17, 15) is 23.6 Å². The summed E-state index contributed by atoms with van der Waals surface area (Å²) >= 11 is 0. The zero-order chi connectivity index (χ0) is 23.9. The number of aryl methyl sites for hydroxylation is 1. The van der Waals surface area contributed by atoms with Crippen molar-refractivity contribution in [3.63, 3.8) is 0 Å². The lowest BCUT2D eigenvalue weighted by Crippen LogP contribution is -2.45. The lowest BCUT2D eigenvalue weighted by molar-refractivity contribution is 0.259. The van der Waals surface area contributed by atoms with Gasteiger partial charge in [0.2, 0.25) is 0 Å². The van der Waals surface area contributed by atoms with Gasteiger partial charge in [-0.1, -0.05) is 26.0 Å². The Morgan fingerprint density at radius 3 is 2.70 bits per heavy atom. The van der Waals surface area contributed by atoms with Gasteiger partial charge in [-0.15, -0.1) is 4.40 Å². The van der Waals surface area contributed by atoms with Gasteiger partial charge >= 0.3 is 0 Å². The summed E-state index contributed by atoms with van der Waals surface area (Å²) in [5.74, 6) is -0.105. The van der Waals surface area contributed by atoms with Gasteiger partial charge in [0.25, 0.3) is 15.6 Å². The number of nitrogens with one attached hydrogen (secondary N) is 1. The van der Waals surface area contributed by atoms with Crippen LogP contribution in [0.1, 0.15) is 39.2 Å². The smallest absolute Gasteiger partial charge is 0.283 e. The number of nitrogens with zero attached hydrogens (tertiary/aromatic N) is 4.